The summed E-state index contributed by atoms with van der Waals surface area (Å²) in [6.45, 7) is 2.75. The quantitative estimate of drug-likeness (QED) is 0.747. The molecule has 2 aromatic rings. The van der Waals surface area contributed by atoms with E-state index in [-0.39, 0.29) is 19.1 Å². The van der Waals surface area contributed by atoms with Crippen LogP contribution in [0.25, 0.3) is 0 Å². The number of aliphatic hydroxyl groups is 2. The van der Waals surface area contributed by atoms with Crippen LogP contribution in [0.4, 0.5) is 0 Å². The van der Waals surface area contributed by atoms with Gasteiger partial charge in [0, 0.05) is 5.92 Å². The molecule has 0 amide bonds. The molecule has 0 aliphatic rings. The zero-order chi connectivity index (χ0) is 16.5. The molecule has 0 bridgehead atoms. The van der Waals surface area contributed by atoms with Gasteiger partial charge in [0.05, 0.1) is 13.2 Å². The fourth-order valence-corrected chi connectivity index (χ4v) is 2.63. The van der Waals surface area contributed by atoms with Gasteiger partial charge in [0.15, 0.2) is 0 Å². The van der Waals surface area contributed by atoms with Gasteiger partial charge in [-0.2, -0.15) is 0 Å². The Morgan fingerprint density at radius 1 is 0.826 bits per heavy atom. The Hall–Kier alpha value is -2.04. The summed E-state index contributed by atoms with van der Waals surface area (Å²) >= 11 is 0. The Bertz CT molecular complexity index is 546. The lowest BCUT2D eigenvalue weighted by molar-refractivity contribution is 0.201. The average molecular weight is 316 g/mol. The van der Waals surface area contributed by atoms with E-state index in [1.807, 2.05) is 36.4 Å². The molecule has 0 saturated carbocycles. The molecule has 2 N–H and O–H groups in total. The van der Waals surface area contributed by atoms with Crippen molar-refractivity contribution in [2.24, 2.45) is 0 Å². The second kappa shape index (κ2) is 9.18. The van der Waals surface area contributed by atoms with Crippen LogP contribution >= 0.6 is 0 Å². The summed E-state index contributed by atoms with van der Waals surface area (Å²) in [6.07, 6.45) is 0.951. The number of aliphatic hydroxyl groups excluding tert-OH is 2. The Kier molecular flexibility index (Phi) is 6.91. The molecule has 0 radical (unpaired) electrons. The summed E-state index contributed by atoms with van der Waals surface area (Å²) in [5, 5.41) is 17.7. The van der Waals surface area contributed by atoms with Crippen LogP contribution in [0.2, 0.25) is 0 Å². The molecule has 2 rings (SSSR count). The van der Waals surface area contributed by atoms with Crippen LogP contribution in [0.3, 0.4) is 0 Å². The Morgan fingerprint density at radius 3 is 1.70 bits per heavy atom. The van der Waals surface area contributed by atoms with Crippen molar-refractivity contribution in [3.63, 3.8) is 0 Å². The van der Waals surface area contributed by atoms with Crippen molar-refractivity contribution in [1.82, 2.24) is 0 Å². The van der Waals surface area contributed by atoms with E-state index in [9.17, 15) is 0 Å². The standard InChI is InChI=1S/C19H24O4/c1-2-19(15-5-3-7-17(13-15)22-11-9-20)16-6-4-8-18(14-16)23-12-10-21/h3-8,13-14,19-21H,2,9-12H2,1H3. The number of rotatable bonds is 9. The number of hydrogen-bond acceptors (Lipinski definition) is 4. The highest BCUT2D eigenvalue weighted by Crippen LogP contribution is 2.31. The second-order valence-corrected chi connectivity index (χ2v) is 5.25. The van der Waals surface area contributed by atoms with E-state index in [2.05, 4.69) is 19.1 Å². The van der Waals surface area contributed by atoms with E-state index >= 15 is 0 Å². The molecule has 124 valence electrons. The van der Waals surface area contributed by atoms with Crippen molar-refractivity contribution in [2.75, 3.05) is 26.4 Å². The monoisotopic (exact) mass is 316 g/mol. The van der Waals surface area contributed by atoms with Gasteiger partial charge < -0.3 is 19.7 Å². The third kappa shape index (κ3) is 4.98. The molecule has 2 aromatic carbocycles. The third-order valence-corrected chi connectivity index (χ3v) is 3.65. The van der Waals surface area contributed by atoms with E-state index in [1.54, 1.807) is 0 Å². The molecule has 0 fully saturated rings. The normalized spacial score (nSPS) is 10.8. The van der Waals surface area contributed by atoms with Crippen LogP contribution in [0.5, 0.6) is 11.5 Å². The first-order chi connectivity index (χ1) is 11.3. The maximum atomic E-state index is 8.87. The first-order valence-corrected chi connectivity index (χ1v) is 7.95. The minimum atomic E-state index is 0.00563. The fourth-order valence-electron chi connectivity index (χ4n) is 2.63. The van der Waals surface area contributed by atoms with Gasteiger partial charge in [0.25, 0.3) is 0 Å². The maximum absolute atomic E-state index is 8.87. The van der Waals surface area contributed by atoms with Crippen molar-refractivity contribution in [1.29, 1.82) is 0 Å². The number of benzene rings is 2. The highest BCUT2D eigenvalue weighted by molar-refractivity contribution is 5.40. The predicted molar refractivity (Wildman–Crippen MR) is 90.2 cm³/mol. The van der Waals surface area contributed by atoms with Gasteiger partial charge in [-0.1, -0.05) is 31.2 Å². The summed E-state index contributed by atoms with van der Waals surface area (Å²) in [7, 11) is 0. The van der Waals surface area contributed by atoms with Crippen molar-refractivity contribution < 1.29 is 19.7 Å². The molecular formula is C19H24O4. The van der Waals surface area contributed by atoms with E-state index < -0.39 is 0 Å². The molecule has 0 aliphatic heterocycles. The van der Waals surface area contributed by atoms with E-state index in [1.165, 1.54) is 11.1 Å². The van der Waals surface area contributed by atoms with Gasteiger partial charge in [-0.05, 0) is 41.8 Å². The molecular weight excluding hydrogens is 292 g/mol. The molecule has 0 spiro atoms. The molecule has 4 nitrogen and oxygen atoms in total. The maximum Gasteiger partial charge on any atom is 0.119 e. The second-order valence-electron chi connectivity index (χ2n) is 5.25. The zero-order valence-corrected chi connectivity index (χ0v) is 13.4. The molecule has 0 aliphatic carbocycles. The highest BCUT2D eigenvalue weighted by atomic mass is 16.5. The van der Waals surface area contributed by atoms with Crippen LogP contribution in [0.1, 0.15) is 30.4 Å². The summed E-state index contributed by atoms with van der Waals surface area (Å²) in [5.41, 5.74) is 2.34. The molecule has 0 heterocycles. The summed E-state index contributed by atoms with van der Waals surface area (Å²) in [6, 6.07) is 15.9. The van der Waals surface area contributed by atoms with Gasteiger partial charge in [0.2, 0.25) is 0 Å². The highest BCUT2D eigenvalue weighted by Gasteiger charge is 2.13. The molecule has 0 saturated heterocycles. The summed E-state index contributed by atoms with van der Waals surface area (Å²) in [4.78, 5) is 0. The minimum absolute atomic E-state index is 0.00563. The fraction of sp³-hybridized carbons (Fsp3) is 0.368. The van der Waals surface area contributed by atoms with E-state index in [0.717, 1.165) is 17.9 Å². The Balaban J connectivity index is 2.21. The smallest absolute Gasteiger partial charge is 0.119 e. The SMILES string of the molecule is CCC(c1cccc(OCCO)c1)c1cccc(OCCO)c1. The van der Waals surface area contributed by atoms with Crippen molar-refractivity contribution in [3.05, 3.63) is 59.7 Å². The van der Waals surface area contributed by atoms with Crippen molar-refractivity contribution >= 4 is 0 Å². The number of ether oxygens (including phenoxy) is 2. The Labute approximate surface area is 137 Å². The summed E-state index contributed by atoms with van der Waals surface area (Å²) in [5.74, 6) is 1.77. The largest absolute Gasteiger partial charge is 0.491 e. The first kappa shape index (κ1) is 17.3. The first-order valence-electron chi connectivity index (χ1n) is 7.95. The lowest BCUT2D eigenvalue weighted by atomic mass is 9.89. The van der Waals surface area contributed by atoms with Crippen LogP contribution in [-0.2, 0) is 0 Å². The lowest BCUT2D eigenvalue weighted by Crippen LogP contribution is -2.05. The predicted octanol–water partition coefficient (Wildman–Crippen LogP) is 2.97. The molecule has 0 atom stereocenters. The molecule has 4 heteroatoms. The Morgan fingerprint density at radius 2 is 1.30 bits per heavy atom. The van der Waals surface area contributed by atoms with Crippen LogP contribution in [0, 0.1) is 0 Å². The van der Waals surface area contributed by atoms with Crippen LogP contribution in [0.15, 0.2) is 48.5 Å². The van der Waals surface area contributed by atoms with Gasteiger partial charge in [-0.25, -0.2) is 0 Å². The average Bonchev–Trinajstić information content (AvgIpc) is 2.59. The van der Waals surface area contributed by atoms with Gasteiger partial charge in [-0.15, -0.1) is 0 Å². The number of hydrogen-bond donors (Lipinski definition) is 2. The minimum Gasteiger partial charge on any atom is -0.491 e. The van der Waals surface area contributed by atoms with Crippen molar-refractivity contribution in [2.45, 2.75) is 19.3 Å². The van der Waals surface area contributed by atoms with E-state index in [0.29, 0.717) is 13.2 Å². The van der Waals surface area contributed by atoms with Gasteiger partial charge in [0.1, 0.15) is 24.7 Å². The van der Waals surface area contributed by atoms with E-state index in [4.69, 9.17) is 19.7 Å². The topological polar surface area (TPSA) is 58.9 Å². The van der Waals surface area contributed by atoms with Crippen LogP contribution < -0.4 is 9.47 Å². The van der Waals surface area contributed by atoms with Gasteiger partial charge in [-0.3, -0.25) is 0 Å². The summed E-state index contributed by atoms with van der Waals surface area (Å²) < 4.78 is 11.0. The molecule has 23 heavy (non-hydrogen) atoms. The third-order valence-electron chi connectivity index (χ3n) is 3.65. The zero-order valence-electron chi connectivity index (χ0n) is 13.4. The van der Waals surface area contributed by atoms with Crippen LogP contribution in [-0.4, -0.2) is 36.6 Å². The van der Waals surface area contributed by atoms with Crippen molar-refractivity contribution in [3.8, 4) is 11.5 Å². The lowest BCUT2D eigenvalue weighted by Gasteiger charge is -2.18. The molecule has 0 unspecified atom stereocenters. The van der Waals surface area contributed by atoms with Gasteiger partial charge >= 0.3 is 0 Å². The molecule has 0 aromatic heterocycles.